The van der Waals surface area contributed by atoms with Gasteiger partial charge in [-0.2, -0.15) is 31.3 Å². The molecule has 0 aliphatic heterocycles. The van der Waals surface area contributed by atoms with Crippen LogP contribution in [0.3, 0.4) is 0 Å². The first-order valence-corrected chi connectivity index (χ1v) is 10.1. The second kappa shape index (κ2) is 9.84. The second-order valence-electron chi connectivity index (χ2n) is 7.74. The summed E-state index contributed by atoms with van der Waals surface area (Å²) in [6.07, 6.45) is -8.49. The smallest absolute Gasteiger partial charge is 0.394 e. The average Bonchev–Trinajstić information content (AvgIpc) is 2.76. The molecule has 2 aromatic heterocycles. The van der Waals surface area contributed by atoms with E-state index in [1.807, 2.05) is 13.8 Å². The van der Waals surface area contributed by atoms with Crippen LogP contribution in [-0.4, -0.2) is 32.7 Å². The molecule has 2 heterocycles. The summed E-state index contributed by atoms with van der Waals surface area (Å²) >= 11 is 0. The van der Waals surface area contributed by atoms with E-state index >= 15 is 0 Å². The molecule has 3 rings (SSSR count). The number of nitrogens with one attached hydrogen (secondary N) is 2. The Morgan fingerprint density at radius 1 is 0.912 bits per heavy atom. The van der Waals surface area contributed by atoms with Crippen LogP contribution in [0.2, 0.25) is 0 Å². The minimum atomic E-state index is -5.05. The van der Waals surface area contributed by atoms with Gasteiger partial charge in [-0.15, -0.1) is 0 Å². The van der Waals surface area contributed by atoms with E-state index in [2.05, 4.69) is 25.6 Å². The van der Waals surface area contributed by atoms with E-state index in [1.165, 1.54) is 12.3 Å². The fourth-order valence-corrected chi connectivity index (χ4v) is 3.01. The van der Waals surface area contributed by atoms with Crippen molar-refractivity contribution in [3.63, 3.8) is 0 Å². The zero-order valence-electron chi connectivity index (χ0n) is 18.0. The number of aliphatic hydroxyl groups is 1. The predicted molar refractivity (Wildman–Crippen MR) is 114 cm³/mol. The Morgan fingerprint density at radius 2 is 1.65 bits per heavy atom. The number of aromatic nitrogens is 3. The van der Waals surface area contributed by atoms with Gasteiger partial charge in [0, 0.05) is 12.3 Å². The quantitative estimate of drug-likeness (QED) is 0.370. The minimum Gasteiger partial charge on any atom is -0.394 e. The zero-order valence-corrected chi connectivity index (χ0v) is 18.0. The second-order valence-corrected chi connectivity index (χ2v) is 7.74. The molecule has 182 valence electrons. The predicted octanol–water partition coefficient (Wildman–Crippen LogP) is 5.75. The molecule has 1 atom stereocenters. The van der Waals surface area contributed by atoms with E-state index in [9.17, 15) is 31.4 Å². The van der Waals surface area contributed by atoms with E-state index in [0.29, 0.717) is 17.8 Å². The molecular weight excluding hydrogens is 464 g/mol. The Hall–Kier alpha value is -3.41. The van der Waals surface area contributed by atoms with Gasteiger partial charge in [0.05, 0.1) is 40.9 Å². The number of pyridine rings is 1. The van der Waals surface area contributed by atoms with Crippen molar-refractivity contribution < 1.29 is 31.4 Å². The van der Waals surface area contributed by atoms with Crippen molar-refractivity contribution in [1.82, 2.24) is 15.0 Å². The van der Waals surface area contributed by atoms with E-state index < -0.39 is 35.2 Å². The summed E-state index contributed by atoms with van der Waals surface area (Å²) in [5.41, 5.74) is -2.89. The molecule has 34 heavy (non-hydrogen) atoms. The molecule has 0 amide bonds. The molecule has 0 aliphatic rings. The van der Waals surface area contributed by atoms with Crippen molar-refractivity contribution in [2.75, 3.05) is 17.2 Å². The molecule has 3 aromatic rings. The van der Waals surface area contributed by atoms with Crippen LogP contribution in [-0.2, 0) is 12.4 Å². The summed E-state index contributed by atoms with van der Waals surface area (Å²) in [5, 5.41) is 15.0. The van der Waals surface area contributed by atoms with Crippen LogP contribution >= 0.6 is 0 Å². The summed E-state index contributed by atoms with van der Waals surface area (Å²) in [5.74, 6) is -0.141. The molecule has 3 N–H and O–H groups in total. The molecule has 0 unspecified atom stereocenters. The topological polar surface area (TPSA) is 83.0 Å². The highest BCUT2D eigenvalue weighted by Crippen LogP contribution is 2.40. The highest BCUT2D eigenvalue weighted by molar-refractivity contribution is 5.67. The molecule has 12 heteroatoms. The number of aliphatic hydroxyl groups excluding tert-OH is 1. The third-order valence-corrected chi connectivity index (χ3v) is 4.88. The summed E-state index contributed by atoms with van der Waals surface area (Å²) < 4.78 is 79.6. The first kappa shape index (κ1) is 25.2. The number of halogens is 6. The SMILES string of the molecule is CC(C)[C@@H](CO)Nc1nc(Nc2ccc(C(F)(F)F)cc2C(F)(F)F)cc(-c2ccccn2)n1. The largest absolute Gasteiger partial charge is 0.418 e. The van der Waals surface area contributed by atoms with Gasteiger partial charge >= 0.3 is 12.4 Å². The lowest BCUT2D eigenvalue weighted by Crippen LogP contribution is -2.30. The maximum Gasteiger partial charge on any atom is 0.418 e. The van der Waals surface area contributed by atoms with E-state index in [-0.39, 0.29) is 36.1 Å². The number of benzene rings is 1. The van der Waals surface area contributed by atoms with Crippen LogP contribution in [0.5, 0.6) is 0 Å². The van der Waals surface area contributed by atoms with Crippen molar-refractivity contribution in [3.8, 4) is 11.4 Å². The summed E-state index contributed by atoms with van der Waals surface area (Å²) in [6, 6.07) is 7.15. The van der Waals surface area contributed by atoms with Crippen molar-refractivity contribution >= 4 is 17.5 Å². The average molecular weight is 485 g/mol. The van der Waals surface area contributed by atoms with Crippen LogP contribution in [0.4, 0.5) is 43.8 Å². The van der Waals surface area contributed by atoms with Crippen LogP contribution < -0.4 is 10.6 Å². The lowest BCUT2D eigenvalue weighted by atomic mass is 10.1. The molecule has 0 aliphatic carbocycles. The lowest BCUT2D eigenvalue weighted by Gasteiger charge is -2.21. The first-order chi connectivity index (χ1) is 15.9. The van der Waals surface area contributed by atoms with E-state index in [0.717, 1.165) is 0 Å². The summed E-state index contributed by atoms with van der Waals surface area (Å²) in [7, 11) is 0. The fraction of sp³-hybridized carbons (Fsp3) is 0.318. The first-order valence-electron chi connectivity index (χ1n) is 10.1. The highest BCUT2D eigenvalue weighted by atomic mass is 19.4. The number of anilines is 3. The maximum atomic E-state index is 13.6. The van der Waals surface area contributed by atoms with Gasteiger partial charge < -0.3 is 15.7 Å². The molecule has 6 nitrogen and oxygen atoms in total. The Kier molecular flexibility index (Phi) is 7.29. The van der Waals surface area contributed by atoms with E-state index in [1.54, 1.807) is 18.2 Å². The molecule has 0 bridgehead atoms. The third-order valence-electron chi connectivity index (χ3n) is 4.88. The highest BCUT2D eigenvalue weighted by Gasteiger charge is 2.38. The molecule has 0 saturated carbocycles. The van der Waals surface area contributed by atoms with Gasteiger partial charge in [-0.1, -0.05) is 19.9 Å². The Bertz CT molecular complexity index is 1120. The van der Waals surface area contributed by atoms with Crippen molar-refractivity contribution in [2.45, 2.75) is 32.2 Å². The van der Waals surface area contributed by atoms with Crippen molar-refractivity contribution in [3.05, 3.63) is 59.8 Å². The van der Waals surface area contributed by atoms with Gasteiger partial charge in [-0.3, -0.25) is 4.98 Å². The van der Waals surface area contributed by atoms with Crippen LogP contribution in [0, 0.1) is 5.92 Å². The normalized spacial score (nSPS) is 13.1. The number of hydrogen-bond donors (Lipinski definition) is 3. The Balaban J connectivity index is 2.08. The monoisotopic (exact) mass is 485 g/mol. The lowest BCUT2D eigenvalue weighted by molar-refractivity contribution is -0.142. The van der Waals surface area contributed by atoms with Crippen LogP contribution in [0.25, 0.3) is 11.4 Å². The summed E-state index contributed by atoms with van der Waals surface area (Å²) in [4.78, 5) is 12.7. The van der Waals surface area contributed by atoms with Gasteiger partial charge in [-0.05, 0) is 36.2 Å². The molecular formula is C22H21F6N5O. The Morgan fingerprint density at radius 3 is 2.21 bits per heavy atom. The molecule has 0 saturated heterocycles. The molecule has 0 radical (unpaired) electrons. The van der Waals surface area contributed by atoms with Gasteiger partial charge in [-0.25, -0.2) is 4.98 Å². The van der Waals surface area contributed by atoms with Crippen LogP contribution in [0.15, 0.2) is 48.7 Å². The van der Waals surface area contributed by atoms with Gasteiger partial charge in [0.25, 0.3) is 0 Å². The van der Waals surface area contributed by atoms with Gasteiger partial charge in [0.2, 0.25) is 5.95 Å². The maximum absolute atomic E-state index is 13.6. The van der Waals surface area contributed by atoms with Crippen molar-refractivity contribution in [1.29, 1.82) is 0 Å². The van der Waals surface area contributed by atoms with Crippen molar-refractivity contribution in [2.24, 2.45) is 5.92 Å². The Labute approximate surface area is 191 Å². The van der Waals surface area contributed by atoms with E-state index in [4.69, 9.17) is 0 Å². The van der Waals surface area contributed by atoms with Gasteiger partial charge in [0.15, 0.2) is 0 Å². The minimum absolute atomic E-state index is 0.00104. The molecule has 0 fully saturated rings. The number of nitrogens with zero attached hydrogens (tertiary/aromatic N) is 3. The number of alkyl halides is 6. The fourth-order valence-electron chi connectivity index (χ4n) is 3.01. The zero-order chi connectivity index (χ0) is 25.1. The van der Waals surface area contributed by atoms with Crippen LogP contribution in [0.1, 0.15) is 25.0 Å². The molecule has 0 spiro atoms. The standard InChI is InChI=1S/C22H21F6N5O/c1-12(2)18(11-34)32-20-31-17(16-5-3-4-8-29-16)10-19(33-20)30-15-7-6-13(21(23,24)25)9-14(15)22(26,27)28/h3-10,12,18,34H,11H2,1-2H3,(H2,30,31,32,33)/t18-/m1/s1. The number of rotatable bonds is 7. The third kappa shape index (κ3) is 6.13. The summed E-state index contributed by atoms with van der Waals surface area (Å²) in [6.45, 7) is 3.43. The number of hydrogen-bond acceptors (Lipinski definition) is 6. The molecule has 1 aromatic carbocycles. The van der Waals surface area contributed by atoms with Gasteiger partial charge in [0.1, 0.15) is 5.82 Å².